The van der Waals surface area contributed by atoms with Gasteiger partial charge in [-0.3, -0.25) is 10.1 Å². The molecule has 0 amide bonds. The summed E-state index contributed by atoms with van der Waals surface area (Å²) in [6.45, 7) is -0.580. The van der Waals surface area contributed by atoms with Crippen LogP contribution in [0.15, 0.2) is 22.7 Å². The van der Waals surface area contributed by atoms with Gasteiger partial charge < -0.3 is 4.74 Å². The molecule has 1 aromatic carbocycles. The van der Waals surface area contributed by atoms with Crippen LogP contribution in [0.4, 0.5) is 18.9 Å². The summed E-state index contributed by atoms with van der Waals surface area (Å²) in [7, 11) is 0. The van der Waals surface area contributed by atoms with Crippen LogP contribution in [0.5, 0.6) is 5.75 Å². The SMILES string of the molecule is O=[N+]([O-])c1ccc(Br)c(OCCC(F)(F)F)c1. The molecule has 0 saturated heterocycles. The molecular formula is C9H7BrF3NO3. The van der Waals surface area contributed by atoms with Gasteiger partial charge in [-0.25, -0.2) is 0 Å². The fourth-order valence-corrected chi connectivity index (χ4v) is 1.35. The second-order valence-electron chi connectivity index (χ2n) is 3.09. The predicted molar refractivity (Wildman–Crippen MR) is 57.0 cm³/mol. The average molecular weight is 314 g/mol. The lowest BCUT2D eigenvalue weighted by atomic mass is 10.3. The second-order valence-corrected chi connectivity index (χ2v) is 3.94. The molecule has 0 saturated carbocycles. The number of nitro benzene ring substituents is 1. The molecule has 4 nitrogen and oxygen atoms in total. The maximum atomic E-state index is 11.9. The van der Waals surface area contributed by atoms with Crippen LogP contribution in [0, 0.1) is 10.1 Å². The zero-order chi connectivity index (χ0) is 13.1. The van der Waals surface area contributed by atoms with Gasteiger partial charge in [0.05, 0.1) is 28.5 Å². The van der Waals surface area contributed by atoms with Crippen molar-refractivity contribution in [1.29, 1.82) is 0 Å². The maximum absolute atomic E-state index is 11.9. The van der Waals surface area contributed by atoms with E-state index < -0.39 is 24.1 Å². The summed E-state index contributed by atoms with van der Waals surface area (Å²) < 4.78 is 40.8. The Morgan fingerprint density at radius 3 is 2.59 bits per heavy atom. The van der Waals surface area contributed by atoms with Crippen LogP contribution in [0.3, 0.4) is 0 Å². The molecule has 0 N–H and O–H groups in total. The number of hydrogen-bond donors (Lipinski definition) is 0. The molecule has 1 rings (SSSR count). The molecule has 0 aliphatic carbocycles. The standard InChI is InChI=1S/C9H7BrF3NO3/c10-7-2-1-6(14(15)16)5-8(7)17-4-3-9(11,12)13/h1-2,5H,3-4H2. The molecule has 94 valence electrons. The molecule has 0 aliphatic rings. The number of nitrogens with zero attached hydrogens (tertiary/aromatic N) is 1. The highest BCUT2D eigenvalue weighted by atomic mass is 79.9. The van der Waals surface area contributed by atoms with E-state index >= 15 is 0 Å². The van der Waals surface area contributed by atoms with E-state index in [-0.39, 0.29) is 11.4 Å². The number of halogens is 4. The number of non-ortho nitro benzene ring substituents is 1. The van der Waals surface area contributed by atoms with Crippen LogP contribution >= 0.6 is 15.9 Å². The first-order valence-corrected chi connectivity index (χ1v) is 5.22. The molecule has 0 aliphatic heterocycles. The van der Waals surface area contributed by atoms with Crippen LogP contribution in [-0.2, 0) is 0 Å². The Bertz CT molecular complexity index is 422. The molecule has 8 heteroatoms. The second kappa shape index (κ2) is 5.35. The fourth-order valence-electron chi connectivity index (χ4n) is 0.993. The fraction of sp³-hybridized carbons (Fsp3) is 0.333. The Morgan fingerprint density at radius 2 is 2.06 bits per heavy atom. The molecule has 0 aromatic heterocycles. The molecule has 0 heterocycles. The Kier molecular flexibility index (Phi) is 4.33. The van der Waals surface area contributed by atoms with E-state index in [1.165, 1.54) is 12.1 Å². The summed E-state index contributed by atoms with van der Waals surface area (Å²) in [6.07, 6.45) is -5.42. The maximum Gasteiger partial charge on any atom is 0.392 e. The van der Waals surface area contributed by atoms with E-state index in [1.807, 2.05) is 0 Å². The van der Waals surface area contributed by atoms with Crippen molar-refractivity contribution in [2.45, 2.75) is 12.6 Å². The van der Waals surface area contributed by atoms with Gasteiger partial charge in [-0.2, -0.15) is 13.2 Å². The van der Waals surface area contributed by atoms with Crippen molar-refractivity contribution < 1.29 is 22.8 Å². The van der Waals surface area contributed by atoms with Crippen molar-refractivity contribution in [1.82, 2.24) is 0 Å². The number of rotatable bonds is 4. The smallest absolute Gasteiger partial charge is 0.392 e. The number of benzene rings is 1. The average Bonchev–Trinajstić information content (AvgIpc) is 2.18. The Hall–Kier alpha value is -1.31. The lowest BCUT2D eigenvalue weighted by Crippen LogP contribution is -2.13. The lowest BCUT2D eigenvalue weighted by molar-refractivity contribution is -0.385. The van der Waals surface area contributed by atoms with E-state index in [4.69, 9.17) is 4.74 Å². The highest BCUT2D eigenvalue weighted by molar-refractivity contribution is 9.10. The zero-order valence-electron chi connectivity index (χ0n) is 8.33. The first kappa shape index (κ1) is 13.8. The molecule has 0 atom stereocenters. The van der Waals surface area contributed by atoms with Gasteiger partial charge in [0.2, 0.25) is 0 Å². The van der Waals surface area contributed by atoms with Crippen molar-refractivity contribution in [3.05, 3.63) is 32.8 Å². The monoisotopic (exact) mass is 313 g/mol. The molecule has 0 fully saturated rings. The van der Waals surface area contributed by atoms with Crippen LogP contribution in [0.25, 0.3) is 0 Å². The summed E-state index contributed by atoms with van der Waals surface area (Å²) in [5, 5.41) is 10.5. The Morgan fingerprint density at radius 1 is 1.41 bits per heavy atom. The molecular weight excluding hydrogens is 307 g/mol. The van der Waals surface area contributed by atoms with Gasteiger partial charge in [-0.05, 0) is 22.0 Å². The van der Waals surface area contributed by atoms with Gasteiger partial charge in [-0.15, -0.1) is 0 Å². The normalized spacial score (nSPS) is 11.3. The third kappa shape index (κ3) is 4.59. The van der Waals surface area contributed by atoms with Crippen molar-refractivity contribution >= 4 is 21.6 Å². The highest BCUT2D eigenvalue weighted by Crippen LogP contribution is 2.30. The highest BCUT2D eigenvalue weighted by Gasteiger charge is 2.27. The summed E-state index contributed by atoms with van der Waals surface area (Å²) in [5.74, 6) is 0.0171. The summed E-state index contributed by atoms with van der Waals surface area (Å²) in [6, 6.07) is 3.64. The topological polar surface area (TPSA) is 52.4 Å². The van der Waals surface area contributed by atoms with Crippen molar-refractivity contribution in [2.24, 2.45) is 0 Å². The molecule has 1 aromatic rings. The third-order valence-corrected chi connectivity index (χ3v) is 2.42. The third-order valence-electron chi connectivity index (χ3n) is 1.77. The number of ether oxygens (including phenoxy) is 1. The van der Waals surface area contributed by atoms with Crippen LogP contribution in [0.2, 0.25) is 0 Å². The lowest BCUT2D eigenvalue weighted by Gasteiger charge is -2.09. The number of nitro groups is 1. The number of alkyl halides is 3. The molecule has 0 bridgehead atoms. The van der Waals surface area contributed by atoms with E-state index in [1.54, 1.807) is 0 Å². The van der Waals surface area contributed by atoms with Gasteiger partial charge in [-0.1, -0.05) is 0 Å². The molecule has 0 unspecified atom stereocenters. The Balaban J connectivity index is 2.70. The van der Waals surface area contributed by atoms with E-state index in [0.29, 0.717) is 4.47 Å². The number of hydrogen-bond acceptors (Lipinski definition) is 3. The van der Waals surface area contributed by atoms with Gasteiger partial charge in [0.1, 0.15) is 5.75 Å². The van der Waals surface area contributed by atoms with E-state index in [9.17, 15) is 23.3 Å². The summed E-state index contributed by atoms with van der Waals surface area (Å²) in [4.78, 5) is 9.80. The summed E-state index contributed by atoms with van der Waals surface area (Å²) in [5.41, 5.74) is -0.241. The predicted octanol–water partition coefficient (Wildman–Crippen LogP) is 3.69. The van der Waals surface area contributed by atoms with Gasteiger partial charge in [0, 0.05) is 6.07 Å². The van der Waals surface area contributed by atoms with Gasteiger partial charge in [0.25, 0.3) is 5.69 Å². The van der Waals surface area contributed by atoms with E-state index in [0.717, 1.165) is 6.07 Å². The zero-order valence-corrected chi connectivity index (χ0v) is 9.92. The minimum absolute atomic E-state index is 0.0171. The van der Waals surface area contributed by atoms with Gasteiger partial charge >= 0.3 is 6.18 Å². The van der Waals surface area contributed by atoms with Crippen molar-refractivity contribution in [3.8, 4) is 5.75 Å². The first-order chi connectivity index (χ1) is 7.79. The minimum Gasteiger partial charge on any atom is -0.492 e. The summed E-state index contributed by atoms with van der Waals surface area (Å²) >= 11 is 3.03. The minimum atomic E-state index is -4.31. The van der Waals surface area contributed by atoms with Crippen LogP contribution in [0.1, 0.15) is 6.42 Å². The van der Waals surface area contributed by atoms with Gasteiger partial charge in [0.15, 0.2) is 0 Å². The van der Waals surface area contributed by atoms with Crippen molar-refractivity contribution in [2.75, 3.05) is 6.61 Å². The molecule has 0 radical (unpaired) electrons. The van der Waals surface area contributed by atoms with E-state index in [2.05, 4.69) is 15.9 Å². The van der Waals surface area contributed by atoms with Crippen molar-refractivity contribution in [3.63, 3.8) is 0 Å². The molecule has 0 spiro atoms. The first-order valence-electron chi connectivity index (χ1n) is 4.43. The van der Waals surface area contributed by atoms with Crippen LogP contribution < -0.4 is 4.74 Å². The quantitative estimate of drug-likeness (QED) is 0.629. The molecule has 17 heavy (non-hydrogen) atoms. The largest absolute Gasteiger partial charge is 0.492 e. The Labute approximate surface area is 103 Å². The van der Waals surface area contributed by atoms with Crippen LogP contribution in [-0.4, -0.2) is 17.7 Å².